The highest BCUT2D eigenvalue weighted by Crippen LogP contribution is 2.19. The van der Waals surface area contributed by atoms with Gasteiger partial charge in [0, 0.05) is 12.1 Å². The van der Waals surface area contributed by atoms with Gasteiger partial charge in [-0.3, -0.25) is 4.79 Å². The third kappa shape index (κ3) is 6.54. The molecular weight excluding hydrogens is 312 g/mol. The monoisotopic (exact) mass is 336 g/mol. The Hall–Kier alpha value is -1.66. The lowest BCUT2D eigenvalue weighted by molar-refractivity contribution is 0.0954. The number of amides is 1. The summed E-state index contributed by atoms with van der Waals surface area (Å²) in [5.41, 5.74) is 2.54. The minimum Gasteiger partial charge on any atom is -0.352 e. The van der Waals surface area contributed by atoms with Crippen LogP contribution in [-0.4, -0.2) is 20.9 Å². The Labute approximate surface area is 138 Å². The highest BCUT2D eigenvalue weighted by atomic mass is 32.2. The van der Waals surface area contributed by atoms with E-state index in [1.165, 1.54) is 24.8 Å². The van der Waals surface area contributed by atoms with E-state index in [9.17, 15) is 13.2 Å². The number of hydrogen-bond donors (Lipinski definition) is 2. The number of hydrogen-bond acceptors (Lipinski definition) is 3. The lowest BCUT2D eigenvalue weighted by Crippen LogP contribution is -2.24. The van der Waals surface area contributed by atoms with E-state index >= 15 is 0 Å². The minimum atomic E-state index is -3.55. The van der Waals surface area contributed by atoms with Crippen LogP contribution in [0.3, 0.4) is 0 Å². The molecule has 0 saturated heterocycles. The average molecular weight is 336 g/mol. The summed E-state index contributed by atoms with van der Waals surface area (Å²) in [7, 11) is -3.55. The molecule has 0 atom stereocenters. The molecule has 1 amide bonds. The quantitative estimate of drug-likeness (QED) is 0.782. The number of nitrogens with two attached hydrogens (primary N) is 1. The average Bonchev–Trinajstić information content (AvgIpc) is 2.75. The van der Waals surface area contributed by atoms with Crippen molar-refractivity contribution < 1.29 is 13.2 Å². The van der Waals surface area contributed by atoms with Crippen LogP contribution in [-0.2, 0) is 15.8 Å². The van der Waals surface area contributed by atoms with E-state index < -0.39 is 10.0 Å². The van der Waals surface area contributed by atoms with Gasteiger partial charge in [-0.15, -0.1) is 0 Å². The van der Waals surface area contributed by atoms with Crippen LogP contribution in [0, 0.1) is 0 Å². The Balaban J connectivity index is 1.82. The van der Waals surface area contributed by atoms with E-state index in [4.69, 9.17) is 5.14 Å². The Morgan fingerprint density at radius 3 is 2.57 bits per heavy atom. The van der Waals surface area contributed by atoms with Gasteiger partial charge in [0.15, 0.2) is 0 Å². The van der Waals surface area contributed by atoms with Crippen molar-refractivity contribution in [2.24, 2.45) is 5.14 Å². The van der Waals surface area contributed by atoms with Gasteiger partial charge >= 0.3 is 0 Å². The highest BCUT2D eigenvalue weighted by Gasteiger charge is 2.09. The molecule has 0 heterocycles. The summed E-state index contributed by atoms with van der Waals surface area (Å²) in [6.07, 6.45) is 9.28. The number of allylic oxidation sites excluding steroid dienone is 1. The third-order valence-electron chi connectivity index (χ3n) is 3.95. The van der Waals surface area contributed by atoms with Gasteiger partial charge in [0.1, 0.15) is 0 Å². The first-order valence-corrected chi connectivity index (χ1v) is 9.71. The van der Waals surface area contributed by atoms with Crippen LogP contribution in [0.4, 0.5) is 0 Å². The fraction of sp³-hybridized carbons (Fsp3) is 0.471. The Morgan fingerprint density at radius 2 is 1.87 bits per heavy atom. The molecule has 6 heteroatoms. The first-order valence-electron chi connectivity index (χ1n) is 7.99. The maximum Gasteiger partial charge on any atom is 0.251 e. The van der Waals surface area contributed by atoms with E-state index in [1.807, 2.05) is 0 Å². The van der Waals surface area contributed by atoms with E-state index in [-0.39, 0.29) is 11.7 Å². The van der Waals surface area contributed by atoms with Crippen LogP contribution in [0.1, 0.15) is 54.4 Å². The smallest absolute Gasteiger partial charge is 0.251 e. The van der Waals surface area contributed by atoms with Gasteiger partial charge in [0.05, 0.1) is 5.75 Å². The summed E-state index contributed by atoms with van der Waals surface area (Å²) in [5.74, 6) is -0.357. The van der Waals surface area contributed by atoms with Crippen LogP contribution in [0.2, 0.25) is 0 Å². The maximum atomic E-state index is 12.1. The molecule has 2 rings (SSSR count). The highest BCUT2D eigenvalue weighted by molar-refractivity contribution is 7.88. The molecule has 1 aromatic carbocycles. The van der Waals surface area contributed by atoms with Gasteiger partial charge in [-0.1, -0.05) is 30.2 Å². The van der Waals surface area contributed by atoms with Crippen LogP contribution in [0.5, 0.6) is 0 Å². The molecule has 1 aliphatic carbocycles. The molecular formula is C17H24N2O3S. The van der Waals surface area contributed by atoms with Crippen LogP contribution in [0.15, 0.2) is 35.9 Å². The van der Waals surface area contributed by atoms with E-state index in [1.54, 1.807) is 24.3 Å². The van der Waals surface area contributed by atoms with Gasteiger partial charge in [-0.2, -0.15) is 0 Å². The van der Waals surface area contributed by atoms with E-state index in [2.05, 4.69) is 11.4 Å². The number of carbonyl (C=O) groups excluding carboxylic acids is 1. The molecule has 5 nitrogen and oxygen atoms in total. The summed E-state index contributed by atoms with van der Waals surface area (Å²) >= 11 is 0. The molecule has 0 bridgehead atoms. The SMILES string of the molecule is NS(=O)(=O)Cc1ccc(C(=O)NCCC2=CCCCCC2)cc1. The van der Waals surface area contributed by atoms with Crippen molar-refractivity contribution in [1.82, 2.24) is 5.32 Å². The van der Waals surface area contributed by atoms with Gasteiger partial charge in [0.25, 0.3) is 5.91 Å². The van der Waals surface area contributed by atoms with Gasteiger partial charge < -0.3 is 5.32 Å². The largest absolute Gasteiger partial charge is 0.352 e. The predicted molar refractivity (Wildman–Crippen MR) is 91.4 cm³/mol. The Morgan fingerprint density at radius 1 is 1.13 bits per heavy atom. The molecule has 0 fully saturated rings. The lowest BCUT2D eigenvalue weighted by atomic mass is 10.1. The second kappa shape index (κ2) is 8.26. The summed E-state index contributed by atoms with van der Waals surface area (Å²) in [6.45, 7) is 0.629. The minimum absolute atomic E-state index is 0.138. The number of sulfonamides is 1. The van der Waals surface area contributed by atoms with Crippen molar-refractivity contribution in [2.75, 3.05) is 6.54 Å². The molecule has 23 heavy (non-hydrogen) atoms. The van der Waals surface area contributed by atoms with Crippen LogP contribution < -0.4 is 10.5 Å². The summed E-state index contributed by atoms with van der Waals surface area (Å²) in [5, 5.41) is 7.91. The van der Waals surface area contributed by atoms with Crippen molar-refractivity contribution in [3.05, 3.63) is 47.0 Å². The number of nitrogens with one attached hydrogen (secondary N) is 1. The zero-order valence-corrected chi connectivity index (χ0v) is 14.1. The summed E-state index contributed by atoms with van der Waals surface area (Å²) in [4.78, 5) is 12.1. The number of primary sulfonamides is 1. The first-order chi connectivity index (χ1) is 10.9. The Kier molecular flexibility index (Phi) is 6.36. The second-order valence-electron chi connectivity index (χ2n) is 5.97. The molecule has 126 valence electrons. The van der Waals surface area contributed by atoms with Gasteiger partial charge in [-0.05, 0) is 49.8 Å². The molecule has 0 aromatic heterocycles. The van der Waals surface area contributed by atoms with E-state index in [0.717, 1.165) is 19.3 Å². The molecule has 1 aromatic rings. The summed E-state index contributed by atoms with van der Waals surface area (Å²) < 4.78 is 22.1. The van der Waals surface area contributed by atoms with Gasteiger partial charge in [0.2, 0.25) is 10.0 Å². The summed E-state index contributed by atoms with van der Waals surface area (Å²) in [6, 6.07) is 6.49. The molecule has 3 N–H and O–H groups in total. The van der Waals surface area contributed by atoms with Crippen molar-refractivity contribution in [3.63, 3.8) is 0 Å². The second-order valence-corrected chi connectivity index (χ2v) is 7.59. The number of rotatable bonds is 6. The lowest BCUT2D eigenvalue weighted by Gasteiger charge is -2.08. The Bertz CT molecular complexity index is 664. The van der Waals surface area contributed by atoms with Crippen LogP contribution in [0.25, 0.3) is 0 Å². The molecule has 0 radical (unpaired) electrons. The fourth-order valence-electron chi connectivity index (χ4n) is 2.73. The molecule has 0 unspecified atom stereocenters. The molecule has 0 saturated carbocycles. The van der Waals surface area contributed by atoms with Crippen molar-refractivity contribution in [1.29, 1.82) is 0 Å². The van der Waals surface area contributed by atoms with Crippen molar-refractivity contribution >= 4 is 15.9 Å². The van der Waals surface area contributed by atoms with Crippen LogP contribution >= 0.6 is 0 Å². The normalized spacial score (nSPS) is 15.6. The number of carbonyl (C=O) groups is 1. The zero-order chi connectivity index (χ0) is 16.7. The van der Waals surface area contributed by atoms with Crippen molar-refractivity contribution in [3.8, 4) is 0 Å². The van der Waals surface area contributed by atoms with Gasteiger partial charge in [-0.25, -0.2) is 13.6 Å². The zero-order valence-electron chi connectivity index (χ0n) is 13.3. The number of benzene rings is 1. The topological polar surface area (TPSA) is 89.3 Å². The molecule has 1 aliphatic rings. The molecule has 0 aliphatic heterocycles. The fourth-order valence-corrected chi connectivity index (χ4v) is 3.39. The predicted octanol–water partition coefficient (Wildman–Crippen LogP) is 2.49. The maximum absolute atomic E-state index is 12.1. The first kappa shape index (κ1) is 17.7. The molecule has 0 spiro atoms. The standard InChI is InChI=1S/C17H24N2O3S/c18-23(21,22)13-15-7-9-16(10-8-15)17(20)19-12-11-14-5-3-1-2-4-6-14/h5,7-10H,1-4,6,11-13H2,(H,19,20)(H2,18,21,22). The van der Waals surface area contributed by atoms with Crippen molar-refractivity contribution in [2.45, 2.75) is 44.3 Å². The van der Waals surface area contributed by atoms with E-state index in [0.29, 0.717) is 17.7 Å². The third-order valence-corrected chi connectivity index (χ3v) is 4.69.